The Balaban J connectivity index is 1.41. The molecule has 0 aliphatic heterocycles. The highest BCUT2D eigenvalue weighted by Crippen LogP contribution is 2.19. The summed E-state index contributed by atoms with van der Waals surface area (Å²) in [6.07, 6.45) is 2.54. The van der Waals surface area contributed by atoms with E-state index in [1.807, 2.05) is 43.3 Å². The number of carbonyl (C=O) groups excluding carboxylic acids is 1. The number of para-hydroxylation sites is 1. The zero-order valence-electron chi connectivity index (χ0n) is 16.0. The maximum absolute atomic E-state index is 12.1. The summed E-state index contributed by atoms with van der Waals surface area (Å²) in [5.74, 6) is 1.57. The van der Waals surface area contributed by atoms with Crippen LogP contribution in [0.1, 0.15) is 23.4 Å². The molecule has 6 nitrogen and oxygen atoms in total. The average molecular weight is 398 g/mol. The average Bonchev–Trinajstić information content (AvgIpc) is 3.16. The summed E-state index contributed by atoms with van der Waals surface area (Å²) in [6.45, 7) is 1.96. The molecule has 2 aromatic carbocycles. The molecule has 1 amide bonds. The number of nitrogens with one attached hydrogen (secondary N) is 1. The summed E-state index contributed by atoms with van der Waals surface area (Å²) in [5, 5.41) is 11.4. The van der Waals surface area contributed by atoms with Crippen molar-refractivity contribution in [3.63, 3.8) is 0 Å². The number of nitrogens with zero attached hydrogens (tertiary/aromatic N) is 2. The van der Waals surface area contributed by atoms with E-state index in [1.165, 1.54) is 17.3 Å². The molecule has 0 saturated carbocycles. The minimum absolute atomic E-state index is 0.0986. The monoisotopic (exact) mass is 397 g/mol. The van der Waals surface area contributed by atoms with Crippen molar-refractivity contribution < 1.29 is 13.9 Å². The summed E-state index contributed by atoms with van der Waals surface area (Å²) in [7, 11) is 1.66. The third kappa shape index (κ3) is 5.85. The first kappa shape index (κ1) is 19.9. The van der Waals surface area contributed by atoms with E-state index in [2.05, 4.69) is 27.6 Å². The highest BCUT2D eigenvalue weighted by atomic mass is 32.2. The summed E-state index contributed by atoms with van der Waals surface area (Å²) in [5.41, 5.74) is 3.08. The molecule has 0 spiro atoms. The number of anilines is 1. The molecule has 1 aromatic heterocycles. The van der Waals surface area contributed by atoms with E-state index >= 15 is 0 Å². The number of amides is 1. The second kappa shape index (κ2) is 9.94. The SMILES string of the molecule is COc1ccc(CCCc2nnc(SCC(=O)Nc3ccccc3C)o2)cc1. The van der Waals surface area contributed by atoms with E-state index in [0.717, 1.165) is 29.8 Å². The summed E-state index contributed by atoms with van der Waals surface area (Å²) >= 11 is 1.24. The normalized spacial score (nSPS) is 10.6. The van der Waals surface area contributed by atoms with Crippen LogP contribution in [0.25, 0.3) is 0 Å². The number of thioether (sulfide) groups is 1. The Hall–Kier alpha value is -2.80. The fourth-order valence-electron chi connectivity index (χ4n) is 2.66. The van der Waals surface area contributed by atoms with Gasteiger partial charge in [0.25, 0.3) is 5.22 Å². The molecule has 0 bridgehead atoms. The number of hydrogen-bond donors (Lipinski definition) is 1. The first-order chi connectivity index (χ1) is 13.6. The minimum Gasteiger partial charge on any atom is -0.497 e. The topological polar surface area (TPSA) is 77.2 Å². The Bertz CT molecular complexity index is 909. The Morgan fingerprint density at radius 2 is 1.89 bits per heavy atom. The first-order valence-electron chi connectivity index (χ1n) is 9.07. The number of aryl methyl sites for hydroxylation is 3. The maximum Gasteiger partial charge on any atom is 0.277 e. The minimum atomic E-state index is -0.0986. The molecule has 7 heteroatoms. The van der Waals surface area contributed by atoms with Crippen molar-refractivity contribution in [3.05, 3.63) is 65.5 Å². The number of benzene rings is 2. The van der Waals surface area contributed by atoms with Gasteiger partial charge in [0, 0.05) is 12.1 Å². The largest absolute Gasteiger partial charge is 0.497 e. The number of aromatic nitrogens is 2. The third-order valence-corrected chi connectivity index (χ3v) is 5.03. The second-order valence-corrected chi connectivity index (χ2v) is 7.24. The van der Waals surface area contributed by atoms with Crippen molar-refractivity contribution in [2.75, 3.05) is 18.2 Å². The second-order valence-electron chi connectivity index (χ2n) is 6.32. The van der Waals surface area contributed by atoms with E-state index in [1.54, 1.807) is 7.11 Å². The van der Waals surface area contributed by atoms with Gasteiger partial charge < -0.3 is 14.5 Å². The van der Waals surface area contributed by atoms with Gasteiger partial charge in [-0.3, -0.25) is 4.79 Å². The molecule has 3 rings (SSSR count). The molecule has 0 saturated heterocycles. The van der Waals surface area contributed by atoms with E-state index in [-0.39, 0.29) is 11.7 Å². The van der Waals surface area contributed by atoms with Crippen molar-refractivity contribution in [1.82, 2.24) is 10.2 Å². The van der Waals surface area contributed by atoms with Gasteiger partial charge in [0.2, 0.25) is 11.8 Å². The van der Waals surface area contributed by atoms with Gasteiger partial charge in [-0.05, 0) is 49.1 Å². The van der Waals surface area contributed by atoms with Crippen LogP contribution in [0.15, 0.2) is 58.2 Å². The molecule has 0 aliphatic rings. The van der Waals surface area contributed by atoms with Crippen molar-refractivity contribution >= 4 is 23.4 Å². The molecule has 1 heterocycles. The van der Waals surface area contributed by atoms with Gasteiger partial charge in [-0.1, -0.05) is 42.1 Å². The Labute approximate surface area is 168 Å². The van der Waals surface area contributed by atoms with Crippen LogP contribution in [-0.2, 0) is 17.6 Å². The van der Waals surface area contributed by atoms with Gasteiger partial charge in [0.1, 0.15) is 5.75 Å². The van der Waals surface area contributed by atoms with Gasteiger partial charge in [-0.15, -0.1) is 10.2 Å². The molecule has 1 N–H and O–H groups in total. The zero-order chi connectivity index (χ0) is 19.8. The fraction of sp³-hybridized carbons (Fsp3) is 0.286. The van der Waals surface area contributed by atoms with Crippen LogP contribution >= 0.6 is 11.8 Å². The number of methoxy groups -OCH3 is 1. The van der Waals surface area contributed by atoms with E-state index < -0.39 is 0 Å². The molecule has 0 atom stereocenters. The zero-order valence-corrected chi connectivity index (χ0v) is 16.8. The molecule has 0 radical (unpaired) electrons. The molecule has 146 valence electrons. The van der Waals surface area contributed by atoms with Crippen LogP contribution < -0.4 is 10.1 Å². The van der Waals surface area contributed by atoms with Crippen molar-refractivity contribution in [3.8, 4) is 5.75 Å². The van der Waals surface area contributed by atoms with Gasteiger partial charge >= 0.3 is 0 Å². The molecule has 28 heavy (non-hydrogen) atoms. The first-order valence-corrected chi connectivity index (χ1v) is 10.1. The third-order valence-electron chi connectivity index (χ3n) is 4.21. The highest BCUT2D eigenvalue weighted by molar-refractivity contribution is 7.99. The Kier molecular flexibility index (Phi) is 7.08. The van der Waals surface area contributed by atoms with Gasteiger partial charge in [0.15, 0.2) is 0 Å². The number of hydrogen-bond acceptors (Lipinski definition) is 6. The van der Waals surface area contributed by atoms with Crippen LogP contribution in [-0.4, -0.2) is 29.0 Å². The van der Waals surface area contributed by atoms with Crippen molar-refractivity contribution in [2.24, 2.45) is 0 Å². The van der Waals surface area contributed by atoms with E-state index in [4.69, 9.17) is 9.15 Å². The van der Waals surface area contributed by atoms with Crippen LogP contribution in [0.3, 0.4) is 0 Å². The summed E-state index contributed by atoms with van der Waals surface area (Å²) in [4.78, 5) is 12.1. The van der Waals surface area contributed by atoms with E-state index in [9.17, 15) is 4.79 Å². The fourth-order valence-corrected chi connectivity index (χ4v) is 3.24. The molecular formula is C21H23N3O3S. The van der Waals surface area contributed by atoms with E-state index in [0.29, 0.717) is 17.5 Å². The molecular weight excluding hydrogens is 374 g/mol. The number of carbonyl (C=O) groups is 1. The Morgan fingerprint density at radius 3 is 2.64 bits per heavy atom. The molecule has 3 aromatic rings. The maximum atomic E-state index is 12.1. The van der Waals surface area contributed by atoms with Crippen LogP contribution in [0, 0.1) is 6.92 Å². The van der Waals surface area contributed by atoms with Crippen molar-refractivity contribution in [2.45, 2.75) is 31.4 Å². The molecule has 0 unspecified atom stereocenters. The summed E-state index contributed by atoms with van der Waals surface area (Å²) < 4.78 is 10.8. The van der Waals surface area contributed by atoms with Crippen LogP contribution in [0.5, 0.6) is 5.75 Å². The predicted octanol–water partition coefficient (Wildman–Crippen LogP) is 4.29. The lowest BCUT2D eigenvalue weighted by Gasteiger charge is -2.06. The molecule has 0 aliphatic carbocycles. The number of rotatable bonds is 9. The lowest BCUT2D eigenvalue weighted by atomic mass is 10.1. The van der Waals surface area contributed by atoms with Gasteiger partial charge in [-0.25, -0.2) is 0 Å². The lowest BCUT2D eigenvalue weighted by Crippen LogP contribution is -2.14. The lowest BCUT2D eigenvalue weighted by molar-refractivity contribution is -0.113. The Morgan fingerprint density at radius 1 is 1.11 bits per heavy atom. The standard InChI is InChI=1S/C21H23N3O3S/c1-15-6-3-4-8-18(15)22-19(25)14-28-21-24-23-20(27-21)9-5-7-16-10-12-17(26-2)13-11-16/h3-4,6,8,10-13H,5,7,9,14H2,1-2H3,(H,22,25). The molecule has 0 fully saturated rings. The number of ether oxygens (including phenoxy) is 1. The van der Waals surface area contributed by atoms with Gasteiger partial charge in [-0.2, -0.15) is 0 Å². The highest BCUT2D eigenvalue weighted by Gasteiger charge is 2.10. The summed E-state index contributed by atoms with van der Waals surface area (Å²) in [6, 6.07) is 15.7. The quantitative estimate of drug-likeness (QED) is 0.543. The van der Waals surface area contributed by atoms with Gasteiger partial charge in [0.05, 0.1) is 12.9 Å². The van der Waals surface area contributed by atoms with Crippen LogP contribution in [0.4, 0.5) is 5.69 Å². The van der Waals surface area contributed by atoms with Crippen molar-refractivity contribution in [1.29, 1.82) is 0 Å². The van der Waals surface area contributed by atoms with Crippen LogP contribution in [0.2, 0.25) is 0 Å². The predicted molar refractivity (Wildman–Crippen MR) is 110 cm³/mol. The smallest absolute Gasteiger partial charge is 0.277 e.